The Labute approximate surface area is 99.8 Å². The maximum atomic E-state index is 13.3. The molecule has 2 aromatic rings. The minimum Gasteiger partial charge on any atom is -0.436 e. The summed E-state index contributed by atoms with van der Waals surface area (Å²) in [5, 5.41) is 0. The van der Waals surface area contributed by atoms with Crippen LogP contribution < -0.4 is 4.74 Å². The van der Waals surface area contributed by atoms with Gasteiger partial charge in [-0.3, -0.25) is 0 Å². The fourth-order valence-electron chi connectivity index (χ4n) is 1.33. The fourth-order valence-corrected chi connectivity index (χ4v) is 1.33. The van der Waals surface area contributed by atoms with Gasteiger partial charge in [0.05, 0.1) is 0 Å². The molecule has 18 heavy (non-hydrogen) atoms. The van der Waals surface area contributed by atoms with Gasteiger partial charge in [-0.2, -0.15) is 9.37 Å². The van der Waals surface area contributed by atoms with Crippen molar-refractivity contribution in [2.45, 2.75) is 6.92 Å². The van der Waals surface area contributed by atoms with Gasteiger partial charge >= 0.3 is 0 Å². The predicted octanol–water partition coefficient (Wildman–Crippen LogP) is 3.74. The van der Waals surface area contributed by atoms with Crippen LogP contribution in [0.4, 0.5) is 17.6 Å². The topological polar surface area (TPSA) is 22.1 Å². The number of nitrogens with zero attached hydrogens (tertiary/aromatic N) is 1. The second kappa shape index (κ2) is 4.64. The van der Waals surface area contributed by atoms with Gasteiger partial charge in [0.15, 0.2) is 11.6 Å². The summed E-state index contributed by atoms with van der Waals surface area (Å²) in [6.45, 7) is 1.52. The summed E-state index contributed by atoms with van der Waals surface area (Å²) >= 11 is 0. The molecule has 0 aliphatic heterocycles. The molecule has 0 saturated carbocycles. The molecule has 0 fully saturated rings. The molecule has 0 amide bonds. The SMILES string of the molecule is Cc1cc(F)ccc1Oc1nc(F)c(F)cc1F. The van der Waals surface area contributed by atoms with Crippen molar-refractivity contribution in [1.82, 2.24) is 4.98 Å². The van der Waals surface area contributed by atoms with Crippen LogP contribution in [0.2, 0.25) is 0 Å². The van der Waals surface area contributed by atoms with E-state index in [4.69, 9.17) is 4.74 Å². The molecule has 0 saturated heterocycles. The molecule has 1 heterocycles. The third-order valence-corrected chi connectivity index (χ3v) is 2.20. The molecule has 0 unspecified atom stereocenters. The first-order chi connectivity index (χ1) is 8.47. The normalized spacial score (nSPS) is 10.5. The summed E-state index contributed by atoms with van der Waals surface area (Å²) in [7, 11) is 0. The Morgan fingerprint density at radius 1 is 1.00 bits per heavy atom. The lowest BCUT2D eigenvalue weighted by Crippen LogP contribution is -1.99. The maximum Gasteiger partial charge on any atom is 0.258 e. The van der Waals surface area contributed by atoms with Crippen molar-refractivity contribution in [2.24, 2.45) is 0 Å². The van der Waals surface area contributed by atoms with Gasteiger partial charge < -0.3 is 4.74 Å². The van der Waals surface area contributed by atoms with E-state index in [1.165, 1.54) is 13.0 Å². The number of benzene rings is 1. The Morgan fingerprint density at radius 2 is 1.72 bits per heavy atom. The fraction of sp³-hybridized carbons (Fsp3) is 0.0833. The zero-order valence-electron chi connectivity index (χ0n) is 9.18. The highest BCUT2D eigenvalue weighted by molar-refractivity contribution is 5.35. The van der Waals surface area contributed by atoms with Gasteiger partial charge in [-0.1, -0.05) is 0 Å². The number of hydrogen-bond donors (Lipinski definition) is 0. The zero-order valence-corrected chi connectivity index (χ0v) is 9.18. The van der Waals surface area contributed by atoms with Crippen molar-refractivity contribution in [3.8, 4) is 11.6 Å². The number of pyridine rings is 1. The standard InChI is InChI=1S/C12H7F4NO/c1-6-4-7(13)2-3-10(6)18-12-9(15)5-8(14)11(16)17-12/h2-5H,1H3. The maximum absolute atomic E-state index is 13.3. The van der Waals surface area contributed by atoms with Crippen LogP contribution in [-0.4, -0.2) is 4.98 Å². The number of aryl methyl sites for hydroxylation is 1. The lowest BCUT2D eigenvalue weighted by atomic mass is 10.2. The second-order valence-corrected chi connectivity index (χ2v) is 3.56. The molecule has 0 atom stereocenters. The van der Waals surface area contributed by atoms with Crippen molar-refractivity contribution in [3.63, 3.8) is 0 Å². The van der Waals surface area contributed by atoms with E-state index in [9.17, 15) is 17.6 Å². The third kappa shape index (κ3) is 2.42. The van der Waals surface area contributed by atoms with Gasteiger partial charge in [0.1, 0.15) is 11.6 Å². The molecule has 0 aliphatic carbocycles. The zero-order chi connectivity index (χ0) is 13.3. The van der Waals surface area contributed by atoms with E-state index in [2.05, 4.69) is 4.98 Å². The van der Waals surface area contributed by atoms with E-state index in [-0.39, 0.29) is 5.75 Å². The Bertz CT molecular complexity index is 601. The van der Waals surface area contributed by atoms with Crippen molar-refractivity contribution < 1.29 is 22.3 Å². The summed E-state index contributed by atoms with van der Waals surface area (Å²) in [5.41, 5.74) is 0.376. The number of hydrogen-bond acceptors (Lipinski definition) is 2. The van der Waals surface area contributed by atoms with Gasteiger partial charge in [0.25, 0.3) is 11.8 Å². The average Bonchev–Trinajstić information content (AvgIpc) is 2.29. The van der Waals surface area contributed by atoms with Gasteiger partial charge in [-0.05, 0) is 30.7 Å². The smallest absolute Gasteiger partial charge is 0.258 e. The van der Waals surface area contributed by atoms with Crippen LogP contribution in [0.5, 0.6) is 11.6 Å². The molecule has 0 aliphatic rings. The Kier molecular flexibility index (Phi) is 3.18. The van der Waals surface area contributed by atoms with Crippen LogP contribution in [0, 0.1) is 30.3 Å². The molecule has 94 valence electrons. The van der Waals surface area contributed by atoms with E-state index < -0.39 is 29.3 Å². The van der Waals surface area contributed by atoms with E-state index in [0.717, 1.165) is 12.1 Å². The quantitative estimate of drug-likeness (QED) is 0.604. The van der Waals surface area contributed by atoms with Crippen LogP contribution in [0.15, 0.2) is 24.3 Å². The second-order valence-electron chi connectivity index (χ2n) is 3.56. The molecule has 0 N–H and O–H groups in total. The van der Waals surface area contributed by atoms with E-state index >= 15 is 0 Å². The minimum absolute atomic E-state index is 0.105. The van der Waals surface area contributed by atoms with Crippen LogP contribution in [-0.2, 0) is 0 Å². The summed E-state index contributed by atoms with van der Waals surface area (Å²) in [6.07, 6.45) is 0. The van der Waals surface area contributed by atoms with Crippen LogP contribution in [0.25, 0.3) is 0 Å². The number of ether oxygens (including phenoxy) is 1. The molecule has 2 rings (SSSR count). The molecule has 0 bridgehead atoms. The lowest BCUT2D eigenvalue weighted by Gasteiger charge is -2.08. The third-order valence-electron chi connectivity index (χ3n) is 2.20. The highest BCUT2D eigenvalue weighted by Gasteiger charge is 2.14. The Hall–Kier alpha value is -2.11. The highest BCUT2D eigenvalue weighted by Crippen LogP contribution is 2.26. The van der Waals surface area contributed by atoms with E-state index in [1.54, 1.807) is 0 Å². The van der Waals surface area contributed by atoms with Gasteiger partial charge in [-0.15, -0.1) is 0 Å². The molecule has 0 spiro atoms. The first kappa shape index (κ1) is 12.3. The molecular formula is C12H7F4NO. The summed E-state index contributed by atoms with van der Waals surface area (Å²) in [6, 6.07) is 3.83. The molecule has 1 aromatic carbocycles. The predicted molar refractivity (Wildman–Crippen MR) is 55.3 cm³/mol. The first-order valence-electron chi connectivity index (χ1n) is 4.93. The number of rotatable bonds is 2. The van der Waals surface area contributed by atoms with Gasteiger partial charge in [0, 0.05) is 6.07 Å². The van der Waals surface area contributed by atoms with E-state index in [0.29, 0.717) is 11.6 Å². The minimum atomic E-state index is -1.47. The van der Waals surface area contributed by atoms with Crippen molar-refractivity contribution >= 4 is 0 Å². The van der Waals surface area contributed by atoms with Crippen molar-refractivity contribution in [2.75, 3.05) is 0 Å². The number of halogens is 4. The molecule has 6 heteroatoms. The number of aromatic nitrogens is 1. The molecular weight excluding hydrogens is 250 g/mol. The molecule has 2 nitrogen and oxygen atoms in total. The van der Waals surface area contributed by atoms with Crippen LogP contribution in [0.3, 0.4) is 0 Å². The van der Waals surface area contributed by atoms with Gasteiger partial charge in [-0.25, -0.2) is 13.2 Å². The summed E-state index contributed by atoms with van der Waals surface area (Å²) < 4.78 is 56.5. The van der Waals surface area contributed by atoms with Gasteiger partial charge in [0.2, 0.25) is 0 Å². The summed E-state index contributed by atoms with van der Waals surface area (Å²) in [4.78, 5) is 3.00. The Balaban J connectivity index is 2.37. The molecule has 0 radical (unpaired) electrons. The summed E-state index contributed by atoms with van der Waals surface area (Å²) in [5.74, 6) is -5.10. The van der Waals surface area contributed by atoms with Crippen molar-refractivity contribution in [3.05, 3.63) is 53.2 Å². The lowest BCUT2D eigenvalue weighted by molar-refractivity contribution is 0.385. The Morgan fingerprint density at radius 3 is 2.39 bits per heavy atom. The van der Waals surface area contributed by atoms with Crippen molar-refractivity contribution in [1.29, 1.82) is 0 Å². The highest BCUT2D eigenvalue weighted by atomic mass is 19.2. The van der Waals surface area contributed by atoms with Crippen LogP contribution >= 0.6 is 0 Å². The molecule has 1 aromatic heterocycles. The van der Waals surface area contributed by atoms with Crippen LogP contribution in [0.1, 0.15) is 5.56 Å². The average molecular weight is 257 g/mol. The first-order valence-corrected chi connectivity index (χ1v) is 4.93. The van der Waals surface area contributed by atoms with E-state index in [1.807, 2.05) is 0 Å². The largest absolute Gasteiger partial charge is 0.436 e. The monoisotopic (exact) mass is 257 g/mol.